The minimum Gasteiger partial charge on any atom is -0.507 e. The number of hydrogen-bond donors (Lipinski definition) is 4. The first-order chi connectivity index (χ1) is 7.59. The Bertz CT molecular complexity index is 518. The van der Waals surface area contributed by atoms with Crippen molar-refractivity contribution in [3.05, 3.63) is 36.4 Å². The van der Waals surface area contributed by atoms with Gasteiger partial charge in [-0.15, -0.1) is 0 Å². The van der Waals surface area contributed by atoms with Gasteiger partial charge < -0.3 is 21.1 Å². The lowest BCUT2D eigenvalue weighted by atomic mass is 10.0. The lowest BCUT2D eigenvalue weighted by Gasteiger charge is -2.09. The zero-order chi connectivity index (χ0) is 11.7. The second-order valence-electron chi connectivity index (χ2n) is 3.45. The summed E-state index contributed by atoms with van der Waals surface area (Å²) >= 11 is 0. The van der Waals surface area contributed by atoms with Gasteiger partial charge in [0.05, 0.1) is 5.56 Å². The van der Waals surface area contributed by atoms with Gasteiger partial charge in [-0.05, 0) is 24.3 Å². The lowest BCUT2D eigenvalue weighted by molar-refractivity contribution is 0.450. The Morgan fingerprint density at radius 2 is 1.44 bits per heavy atom. The molecule has 0 saturated heterocycles. The zero-order valence-corrected chi connectivity index (χ0v) is 8.38. The van der Waals surface area contributed by atoms with E-state index in [9.17, 15) is 15.3 Å². The largest absolute Gasteiger partial charge is 0.507 e. The smallest absolute Gasteiger partial charge is 0.127 e. The molecule has 0 fully saturated rings. The zero-order valence-electron chi connectivity index (χ0n) is 8.38. The molecule has 0 aromatic heterocycles. The highest BCUT2D eigenvalue weighted by Gasteiger charge is 2.13. The van der Waals surface area contributed by atoms with E-state index in [0.29, 0.717) is 11.3 Å². The topological polar surface area (TPSA) is 86.7 Å². The molecule has 0 bridgehead atoms. The van der Waals surface area contributed by atoms with Crippen LogP contribution in [0.5, 0.6) is 17.2 Å². The Labute approximate surface area is 92.2 Å². The predicted octanol–water partition coefficient (Wildman–Crippen LogP) is 2.05. The minimum absolute atomic E-state index is 0.0863. The second-order valence-corrected chi connectivity index (χ2v) is 3.45. The summed E-state index contributed by atoms with van der Waals surface area (Å²) in [5, 5.41) is 29.0. The first kappa shape index (κ1) is 10.2. The summed E-state index contributed by atoms with van der Waals surface area (Å²) in [7, 11) is 0. The normalized spacial score (nSPS) is 10.2. The maximum Gasteiger partial charge on any atom is 0.127 e. The fraction of sp³-hybridized carbons (Fsp3) is 0. The van der Waals surface area contributed by atoms with Gasteiger partial charge in [-0.2, -0.15) is 0 Å². The van der Waals surface area contributed by atoms with Gasteiger partial charge in [0.25, 0.3) is 0 Å². The van der Waals surface area contributed by atoms with E-state index in [1.165, 1.54) is 24.3 Å². The SMILES string of the molecule is Nc1ccc(-c2c(O)cccc2O)c(O)c1. The van der Waals surface area contributed by atoms with Gasteiger partial charge >= 0.3 is 0 Å². The molecule has 0 aliphatic heterocycles. The summed E-state index contributed by atoms with van der Waals surface area (Å²) in [5.41, 5.74) is 6.44. The molecule has 0 aliphatic rings. The van der Waals surface area contributed by atoms with E-state index in [2.05, 4.69) is 0 Å². The molecular weight excluding hydrogens is 206 g/mol. The monoisotopic (exact) mass is 217 g/mol. The maximum absolute atomic E-state index is 9.69. The molecule has 2 aromatic rings. The van der Waals surface area contributed by atoms with Crippen LogP contribution in [0, 0.1) is 0 Å². The number of nitrogens with two attached hydrogens (primary N) is 1. The van der Waals surface area contributed by atoms with Crippen LogP contribution in [0.2, 0.25) is 0 Å². The summed E-state index contributed by atoms with van der Waals surface area (Å²) in [6.45, 7) is 0. The van der Waals surface area contributed by atoms with Crippen LogP contribution in [0.1, 0.15) is 0 Å². The molecule has 0 spiro atoms. The molecule has 0 saturated carbocycles. The molecule has 0 radical (unpaired) electrons. The van der Waals surface area contributed by atoms with Crippen LogP contribution in [-0.4, -0.2) is 15.3 Å². The number of aromatic hydroxyl groups is 3. The first-order valence-corrected chi connectivity index (χ1v) is 4.69. The van der Waals surface area contributed by atoms with Crippen LogP contribution in [0.3, 0.4) is 0 Å². The number of phenolic OH excluding ortho intramolecular Hbond substituents is 3. The number of rotatable bonds is 1. The van der Waals surface area contributed by atoms with Crippen LogP contribution in [-0.2, 0) is 0 Å². The minimum atomic E-state index is -0.0972. The molecule has 2 rings (SSSR count). The Morgan fingerprint density at radius 3 is 2.00 bits per heavy atom. The van der Waals surface area contributed by atoms with E-state index in [4.69, 9.17) is 5.73 Å². The predicted molar refractivity (Wildman–Crippen MR) is 61.3 cm³/mol. The van der Waals surface area contributed by atoms with Crippen molar-refractivity contribution in [1.82, 2.24) is 0 Å². The standard InChI is InChI=1S/C12H11NO3/c13-7-4-5-8(11(16)6-7)12-9(14)2-1-3-10(12)15/h1-6,14-16H,13H2. The maximum atomic E-state index is 9.69. The van der Waals surface area contributed by atoms with Gasteiger partial charge in [0.1, 0.15) is 17.2 Å². The molecule has 0 heterocycles. The van der Waals surface area contributed by atoms with E-state index >= 15 is 0 Å². The summed E-state index contributed by atoms with van der Waals surface area (Å²) in [6.07, 6.45) is 0. The quantitative estimate of drug-likeness (QED) is 0.550. The fourth-order valence-electron chi connectivity index (χ4n) is 1.56. The van der Waals surface area contributed by atoms with Crippen molar-refractivity contribution < 1.29 is 15.3 Å². The van der Waals surface area contributed by atoms with Crippen LogP contribution >= 0.6 is 0 Å². The van der Waals surface area contributed by atoms with Crippen LogP contribution in [0.4, 0.5) is 5.69 Å². The van der Waals surface area contributed by atoms with Crippen molar-refractivity contribution in [2.45, 2.75) is 0 Å². The van der Waals surface area contributed by atoms with Gasteiger partial charge in [0, 0.05) is 17.3 Å². The van der Waals surface area contributed by atoms with Crippen molar-refractivity contribution in [1.29, 1.82) is 0 Å². The highest BCUT2D eigenvalue weighted by Crippen LogP contribution is 2.41. The average molecular weight is 217 g/mol. The van der Waals surface area contributed by atoms with E-state index < -0.39 is 0 Å². The molecule has 16 heavy (non-hydrogen) atoms. The van der Waals surface area contributed by atoms with Crippen molar-refractivity contribution in [3.8, 4) is 28.4 Å². The summed E-state index contributed by atoms with van der Waals surface area (Å²) in [4.78, 5) is 0. The number of phenols is 3. The number of benzene rings is 2. The lowest BCUT2D eigenvalue weighted by Crippen LogP contribution is -1.86. The van der Waals surface area contributed by atoms with Crippen LogP contribution < -0.4 is 5.73 Å². The van der Waals surface area contributed by atoms with E-state index in [1.807, 2.05) is 0 Å². The molecule has 2 aromatic carbocycles. The third-order valence-electron chi connectivity index (χ3n) is 2.31. The molecule has 0 atom stereocenters. The first-order valence-electron chi connectivity index (χ1n) is 4.69. The number of anilines is 1. The average Bonchev–Trinajstić information content (AvgIpc) is 2.20. The third kappa shape index (κ3) is 1.61. The third-order valence-corrected chi connectivity index (χ3v) is 2.31. The van der Waals surface area contributed by atoms with Gasteiger partial charge in [-0.1, -0.05) is 6.07 Å². The molecule has 5 N–H and O–H groups in total. The molecule has 0 aliphatic carbocycles. The number of hydrogen-bond acceptors (Lipinski definition) is 4. The summed E-state index contributed by atoms with van der Waals surface area (Å²) in [5.74, 6) is -0.281. The van der Waals surface area contributed by atoms with E-state index in [-0.39, 0.29) is 22.8 Å². The molecular formula is C12H11NO3. The Hall–Kier alpha value is -2.36. The molecule has 0 amide bonds. The molecule has 0 unspecified atom stereocenters. The van der Waals surface area contributed by atoms with E-state index in [0.717, 1.165) is 0 Å². The van der Waals surface area contributed by atoms with Gasteiger partial charge in [0.15, 0.2) is 0 Å². The second kappa shape index (κ2) is 3.66. The van der Waals surface area contributed by atoms with Crippen molar-refractivity contribution in [2.75, 3.05) is 5.73 Å². The summed E-state index contributed by atoms with van der Waals surface area (Å²) in [6, 6.07) is 8.87. The Kier molecular flexibility index (Phi) is 2.32. The molecule has 4 heteroatoms. The van der Waals surface area contributed by atoms with Crippen molar-refractivity contribution in [3.63, 3.8) is 0 Å². The molecule has 82 valence electrons. The Morgan fingerprint density at radius 1 is 0.812 bits per heavy atom. The fourth-order valence-corrected chi connectivity index (χ4v) is 1.56. The van der Waals surface area contributed by atoms with Gasteiger partial charge in [0.2, 0.25) is 0 Å². The van der Waals surface area contributed by atoms with Crippen LogP contribution in [0.25, 0.3) is 11.1 Å². The highest BCUT2D eigenvalue weighted by atomic mass is 16.3. The summed E-state index contributed by atoms with van der Waals surface area (Å²) < 4.78 is 0. The van der Waals surface area contributed by atoms with Crippen LogP contribution in [0.15, 0.2) is 36.4 Å². The number of nitrogen functional groups attached to an aromatic ring is 1. The van der Waals surface area contributed by atoms with Crippen molar-refractivity contribution in [2.24, 2.45) is 0 Å². The Balaban J connectivity index is 2.68. The van der Waals surface area contributed by atoms with Crippen molar-refractivity contribution >= 4 is 5.69 Å². The van der Waals surface area contributed by atoms with E-state index in [1.54, 1.807) is 12.1 Å². The molecule has 4 nitrogen and oxygen atoms in total. The van der Waals surface area contributed by atoms with Gasteiger partial charge in [-0.25, -0.2) is 0 Å². The highest BCUT2D eigenvalue weighted by molar-refractivity contribution is 5.81. The van der Waals surface area contributed by atoms with Gasteiger partial charge in [-0.3, -0.25) is 0 Å².